The molecule has 1 aromatic carbocycles. The molecular formula is C18H27N5O. The second kappa shape index (κ2) is 6.89. The number of rotatable bonds is 4. The Morgan fingerprint density at radius 2 is 2.00 bits per heavy atom. The minimum Gasteiger partial charge on any atom is -0.377 e. The lowest BCUT2D eigenvalue weighted by molar-refractivity contribution is -0.0814. The Morgan fingerprint density at radius 3 is 2.71 bits per heavy atom. The largest absolute Gasteiger partial charge is 0.377 e. The quantitative estimate of drug-likeness (QED) is 0.933. The summed E-state index contributed by atoms with van der Waals surface area (Å²) in [6.45, 7) is 10.5. The first-order valence-electron chi connectivity index (χ1n) is 8.66. The van der Waals surface area contributed by atoms with Crippen LogP contribution in [0.2, 0.25) is 0 Å². The molecule has 130 valence electrons. The van der Waals surface area contributed by atoms with Crippen molar-refractivity contribution < 1.29 is 4.74 Å². The van der Waals surface area contributed by atoms with Gasteiger partial charge in [-0.2, -0.15) is 4.68 Å². The van der Waals surface area contributed by atoms with Crippen molar-refractivity contribution in [3.63, 3.8) is 0 Å². The van der Waals surface area contributed by atoms with Gasteiger partial charge < -0.3 is 10.1 Å². The monoisotopic (exact) mass is 329 g/mol. The number of nitrogens with one attached hydrogen (secondary N) is 1. The second-order valence-corrected chi connectivity index (χ2v) is 7.69. The fourth-order valence-electron chi connectivity index (χ4n) is 3.39. The minimum absolute atomic E-state index is 0.135. The van der Waals surface area contributed by atoms with Crippen LogP contribution < -0.4 is 5.32 Å². The van der Waals surface area contributed by atoms with Crippen molar-refractivity contribution >= 4 is 5.95 Å². The summed E-state index contributed by atoms with van der Waals surface area (Å²) in [6, 6.07) is 8.17. The molecule has 0 bridgehead atoms. The van der Waals surface area contributed by atoms with E-state index in [1.54, 1.807) is 4.68 Å². The summed E-state index contributed by atoms with van der Waals surface area (Å²) in [5.41, 5.74) is 2.31. The van der Waals surface area contributed by atoms with Crippen LogP contribution in [0.5, 0.6) is 0 Å². The molecule has 1 aliphatic heterocycles. The van der Waals surface area contributed by atoms with Gasteiger partial charge in [0, 0.05) is 19.1 Å². The van der Waals surface area contributed by atoms with Crippen LogP contribution >= 0.6 is 0 Å². The van der Waals surface area contributed by atoms with E-state index in [-0.39, 0.29) is 11.5 Å². The van der Waals surface area contributed by atoms with Gasteiger partial charge in [0.2, 0.25) is 5.95 Å². The molecule has 1 aromatic heterocycles. The van der Waals surface area contributed by atoms with E-state index in [9.17, 15) is 0 Å². The maximum absolute atomic E-state index is 6.05. The summed E-state index contributed by atoms with van der Waals surface area (Å²) in [6.07, 6.45) is 2.53. The third-order valence-corrected chi connectivity index (χ3v) is 4.57. The zero-order chi connectivity index (χ0) is 17.2. The van der Waals surface area contributed by atoms with E-state index in [4.69, 9.17) is 4.74 Å². The smallest absolute Gasteiger partial charge is 0.247 e. The lowest BCUT2D eigenvalue weighted by Crippen LogP contribution is -2.42. The highest BCUT2D eigenvalue weighted by Gasteiger charge is 2.35. The molecule has 1 aliphatic rings. The molecule has 0 radical (unpaired) electrons. The number of anilines is 1. The van der Waals surface area contributed by atoms with Gasteiger partial charge in [0.15, 0.2) is 0 Å². The first-order chi connectivity index (χ1) is 11.4. The molecule has 2 aromatic rings. The number of benzene rings is 1. The molecule has 6 heteroatoms. The van der Waals surface area contributed by atoms with Gasteiger partial charge in [-0.15, -0.1) is 0 Å². The predicted molar refractivity (Wildman–Crippen MR) is 94.3 cm³/mol. The van der Waals surface area contributed by atoms with Crippen molar-refractivity contribution in [2.75, 3.05) is 18.5 Å². The average Bonchev–Trinajstić information content (AvgIpc) is 3.01. The van der Waals surface area contributed by atoms with E-state index < -0.39 is 0 Å². The normalized spacial score (nSPS) is 21.7. The van der Waals surface area contributed by atoms with Crippen LogP contribution in [0.1, 0.15) is 39.2 Å². The lowest BCUT2D eigenvalue weighted by Gasteiger charge is -2.40. The van der Waals surface area contributed by atoms with E-state index in [1.165, 1.54) is 12.0 Å². The topological polar surface area (TPSA) is 64.9 Å². The summed E-state index contributed by atoms with van der Waals surface area (Å²) in [4.78, 5) is 0. The summed E-state index contributed by atoms with van der Waals surface area (Å²) >= 11 is 0. The number of aryl methyl sites for hydroxylation is 1. The van der Waals surface area contributed by atoms with Crippen LogP contribution in [0.4, 0.5) is 5.95 Å². The number of hydrogen-bond acceptors (Lipinski definition) is 5. The minimum atomic E-state index is 0.135. The number of hydrogen-bond donors (Lipinski definition) is 1. The number of aromatic nitrogens is 4. The molecule has 0 amide bonds. The van der Waals surface area contributed by atoms with Crippen molar-refractivity contribution in [1.29, 1.82) is 0 Å². The molecule has 1 N–H and O–H groups in total. The van der Waals surface area contributed by atoms with Crippen LogP contribution in [-0.4, -0.2) is 39.5 Å². The Bertz CT molecular complexity index is 659. The van der Waals surface area contributed by atoms with Crippen LogP contribution in [0.15, 0.2) is 24.3 Å². The SMILES string of the molecule is Cc1ccc(-n2nnnc2NCC2CCCOC2C(C)(C)C)cc1. The highest BCUT2D eigenvalue weighted by molar-refractivity contribution is 5.39. The summed E-state index contributed by atoms with van der Waals surface area (Å²) in [5, 5.41) is 15.5. The van der Waals surface area contributed by atoms with Gasteiger partial charge in [0.25, 0.3) is 0 Å². The van der Waals surface area contributed by atoms with Crippen LogP contribution in [-0.2, 0) is 4.74 Å². The maximum atomic E-state index is 6.05. The second-order valence-electron chi connectivity index (χ2n) is 7.69. The number of ether oxygens (including phenoxy) is 1. The zero-order valence-corrected chi connectivity index (χ0v) is 15.0. The summed E-state index contributed by atoms with van der Waals surface area (Å²) in [7, 11) is 0. The highest BCUT2D eigenvalue weighted by Crippen LogP contribution is 2.34. The molecule has 0 aliphatic carbocycles. The van der Waals surface area contributed by atoms with Crippen molar-refractivity contribution in [2.45, 2.75) is 46.6 Å². The van der Waals surface area contributed by atoms with Gasteiger partial charge in [-0.3, -0.25) is 0 Å². The third-order valence-electron chi connectivity index (χ3n) is 4.57. The van der Waals surface area contributed by atoms with E-state index in [1.807, 2.05) is 12.1 Å². The molecule has 2 heterocycles. The molecule has 1 fully saturated rings. The van der Waals surface area contributed by atoms with E-state index >= 15 is 0 Å². The maximum Gasteiger partial charge on any atom is 0.247 e. The average molecular weight is 329 g/mol. The van der Waals surface area contributed by atoms with Crippen LogP contribution in [0.25, 0.3) is 5.69 Å². The van der Waals surface area contributed by atoms with Gasteiger partial charge in [-0.05, 0) is 47.7 Å². The Kier molecular flexibility index (Phi) is 4.85. The van der Waals surface area contributed by atoms with E-state index in [2.05, 4.69) is 60.7 Å². The molecule has 0 spiro atoms. The number of tetrazole rings is 1. The molecule has 24 heavy (non-hydrogen) atoms. The van der Waals surface area contributed by atoms with Crippen LogP contribution in [0, 0.1) is 18.3 Å². The first-order valence-corrected chi connectivity index (χ1v) is 8.66. The van der Waals surface area contributed by atoms with Crippen molar-refractivity contribution in [3.05, 3.63) is 29.8 Å². The highest BCUT2D eigenvalue weighted by atomic mass is 16.5. The van der Waals surface area contributed by atoms with E-state index in [0.717, 1.165) is 25.3 Å². The zero-order valence-electron chi connectivity index (χ0n) is 15.0. The Balaban J connectivity index is 1.71. The van der Waals surface area contributed by atoms with Gasteiger partial charge in [-0.1, -0.05) is 43.6 Å². The molecule has 6 nitrogen and oxygen atoms in total. The molecular weight excluding hydrogens is 302 g/mol. The molecule has 1 saturated heterocycles. The summed E-state index contributed by atoms with van der Waals surface area (Å²) in [5.74, 6) is 1.14. The van der Waals surface area contributed by atoms with Crippen molar-refractivity contribution in [3.8, 4) is 5.69 Å². The van der Waals surface area contributed by atoms with Crippen molar-refractivity contribution in [1.82, 2.24) is 20.2 Å². The first kappa shape index (κ1) is 16.9. The van der Waals surface area contributed by atoms with E-state index in [0.29, 0.717) is 11.9 Å². The Labute approximate surface area is 143 Å². The predicted octanol–water partition coefficient (Wildman–Crippen LogP) is 3.22. The van der Waals surface area contributed by atoms with Crippen LogP contribution in [0.3, 0.4) is 0 Å². The Hall–Kier alpha value is -1.95. The summed E-state index contributed by atoms with van der Waals surface area (Å²) < 4.78 is 7.80. The third kappa shape index (κ3) is 3.75. The van der Waals surface area contributed by atoms with Gasteiger partial charge in [-0.25, -0.2) is 0 Å². The molecule has 2 atom stereocenters. The molecule has 2 unspecified atom stereocenters. The Morgan fingerprint density at radius 1 is 1.25 bits per heavy atom. The van der Waals surface area contributed by atoms with Gasteiger partial charge >= 0.3 is 0 Å². The molecule has 0 saturated carbocycles. The lowest BCUT2D eigenvalue weighted by atomic mass is 9.78. The van der Waals surface area contributed by atoms with Crippen molar-refractivity contribution in [2.24, 2.45) is 11.3 Å². The van der Waals surface area contributed by atoms with Gasteiger partial charge in [0.1, 0.15) is 0 Å². The molecule has 3 rings (SSSR count). The number of nitrogens with zero attached hydrogens (tertiary/aromatic N) is 4. The standard InChI is InChI=1S/C18H27N5O/c1-13-7-9-15(10-8-13)23-17(20-21-22-23)19-12-14-6-5-11-24-16(14)18(2,3)4/h7-10,14,16H,5-6,11-12H2,1-4H3,(H,19,20,22). The van der Waals surface area contributed by atoms with Gasteiger partial charge in [0.05, 0.1) is 11.8 Å². The fraction of sp³-hybridized carbons (Fsp3) is 0.611. The fourth-order valence-corrected chi connectivity index (χ4v) is 3.39.